The van der Waals surface area contributed by atoms with Crippen molar-refractivity contribution >= 4 is 21.3 Å². The summed E-state index contributed by atoms with van der Waals surface area (Å²) in [6.45, 7) is 10.2. The van der Waals surface area contributed by atoms with Gasteiger partial charge in [-0.2, -0.15) is 0 Å². The highest BCUT2D eigenvalue weighted by Crippen LogP contribution is 2.31. The highest BCUT2D eigenvalue weighted by atomic mass is 32.2. The summed E-state index contributed by atoms with van der Waals surface area (Å²) < 4.78 is 23.7. The van der Waals surface area contributed by atoms with Gasteiger partial charge in [-0.05, 0) is 43.5 Å². The smallest absolute Gasteiger partial charge is 0.254 e. The van der Waals surface area contributed by atoms with Gasteiger partial charge in [0.2, 0.25) is 0 Å². The molecule has 0 radical (unpaired) electrons. The van der Waals surface area contributed by atoms with E-state index in [1.807, 2.05) is 36.9 Å². The molecule has 0 aliphatic carbocycles. The third-order valence-corrected chi connectivity index (χ3v) is 9.01. The first-order valence-corrected chi connectivity index (χ1v) is 14.7. The van der Waals surface area contributed by atoms with Gasteiger partial charge in [0.25, 0.3) is 5.91 Å². The number of piperazine rings is 1. The van der Waals surface area contributed by atoms with Gasteiger partial charge in [-0.1, -0.05) is 25.6 Å². The molecule has 38 heavy (non-hydrogen) atoms. The number of nitrogens with two attached hydrogens (primary N) is 2. The summed E-state index contributed by atoms with van der Waals surface area (Å²) in [4.78, 5) is 26.5. The van der Waals surface area contributed by atoms with Gasteiger partial charge in [-0.25, -0.2) is 18.4 Å². The Balaban J connectivity index is 1.55. The first kappa shape index (κ1) is 27.5. The lowest BCUT2D eigenvalue weighted by molar-refractivity contribution is 0.0587. The number of aryl methyl sites for hydroxylation is 2. The molecule has 1 aromatic heterocycles. The van der Waals surface area contributed by atoms with E-state index in [0.717, 1.165) is 33.7 Å². The van der Waals surface area contributed by atoms with E-state index in [1.165, 1.54) is 6.20 Å². The van der Waals surface area contributed by atoms with Crippen LogP contribution >= 0.6 is 0 Å². The molecule has 2 aromatic rings. The van der Waals surface area contributed by atoms with Gasteiger partial charge >= 0.3 is 0 Å². The van der Waals surface area contributed by atoms with Crippen LogP contribution in [0.1, 0.15) is 40.5 Å². The lowest BCUT2D eigenvalue weighted by Crippen LogP contribution is -2.52. The molecule has 202 valence electrons. The molecule has 9 nitrogen and oxygen atoms in total. The summed E-state index contributed by atoms with van der Waals surface area (Å²) in [7, 11) is -2.93. The van der Waals surface area contributed by atoms with Crippen LogP contribution in [-0.2, 0) is 16.3 Å². The zero-order chi connectivity index (χ0) is 27.4. The average molecular weight is 537 g/mol. The minimum Gasteiger partial charge on any atom is -0.404 e. The van der Waals surface area contributed by atoms with E-state index in [-0.39, 0.29) is 23.5 Å². The van der Waals surface area contributed by atoms with Crippen molar-refractivity contribution in [2.75, 3.05) is 37.7 Å². The number of carbonyl (C=O) groups excluding carboxylic acids is 1. The number of rotatable bonds is 7. The predicted octanol–water partition coefficient (Wildman–Crippen LogP) is 2.29. The van der Waals surface area contributed by atoms with E-state index in [9.17, 15) is 13.2 Å². The predicted molar refractivity (Wildman–Crippen MR) is 151 cm³/mol. The van der Waals surface area contributed by atoms with Crippen LogP contribution in [0, 0.1) is 6.92 Å². The van der Waals surface area contributed by atoms with Crippen molar-refractivity contribution in [3.05, 3.63) is 77.5 Å². The topological polar surface area (TPSA) is 136 Å². The molecule has 4 N–H and O–H groups in total. The fourth-order valence-electron chi connectivity index (χ4n) is 5.21. The first-order valence-electron chi connectivity index (χ1n) is 12.9. The number of amides is 1. The van der Waals surface area contributed by atoms with Crippen molar-refractivity contribution in [3.8, 4) is 11.3 Å². The summed E-state index contributed by atoms with van der Waals surface area (Å²) in [5.41, 5.74) is 17.6. The molecule has 1 amide bonds. The maximum Gasteiger partial charge on any atom is 0.254 e. The maximum atomic E-state index is 13.4. The Morgan fingerprint density at radius 1 is 1.18 bits per heavy atom. The van der Waals surface area contributed by atoms with Gasteiger partial charge in [0.1, 0.15) is 6.33 Å². The fraction of sp³-hybridized carbons (Fsp3) is 0.393. The van der Waals surface area contributed by atoms with Crippen molar-refractivity contribution in [1.82, 2.24) is 19.8 Å². The Morgan fingerprint density at radius 2 is 1.92 bits per heavy atom. The van der Waals surface area contributed by atoms with Crippen LogP contribution < -0.4 is 11.5 Å². The molecule has 2 aliphatic heterocycles. The Bertz CT molecular complexity index is 1390. The highest BCUT2D eigenvalue weighted by molar-refractivity contribution is 7.91. The third kappa shape index (κ3) is 5.97. The van der Waals surface area contributed by atoms with Crippen molar-refractivity contribution < 1.29 is 13.2 Å². The number of carbonyl (C=O) groups is 1. The third-order valence-electron chi connectivity index (χ3n) is 7.26. The summed E-state index contributed by atoms with van der Waals surface area (Å²) in [6.07, 6.45) is 7.91. The molecule has 0 bridgehead atoms. The van der Waals surface area contributed by atoms with Crippen LogP contribution in [0.5, 0.6) is 0 Å². The average Bonchev–Trinajstić information content (AvgIpc) is 3.28. The minimum atomic E-state index is -2.93. The molecule has 10 heteroatoms. The summed E-state index contributed by atoms with van der Waals surface area (Å²) in [5.74, 6) is 0.471. The molecule has 2 fully saturated rings. The van der Waals surface area contributed by atoms with E-state index in [0.29, 0.717) is 50.3 Å². The number of sulfone groups is 1. The second-order valence-electron chi connectivity index (χ2n) is 9.84. The van der Waals surface area contributed by atoms with Gasteiger partial charge in [0.15, 0.2) is 9.84 Å². The van der Waals surface area contributed by atoms with Crippen LogP contribution in [0.4, 0.5) is 0 Å². The number of hydrogen-bond donors (Lipinski definition) is 2. The Morgan fingerprint density at radius 3 is 2.50 bits per heavy atom. The van der Waals surface area contributed by atoms with Crippen molar-refractivity contribution in [3.63, 3.8) is 0 Å². The van der Waals surface area contributed by atoms with Crippen molar-refractivity contribution in [2.24, 2.45) is 11.5 Å². The maximum absolute atomic E-state index is 13.4. The van der Waals surface area contributed by atoms with E-state index < -0.39 is 9.84 Å². The van der Waals surface area contributed by atoms with E-state index >= 15 is 0 Å². The normalized spacial score (nSPS) is 20.2. The number of aromatic nitrogens is 2. The van der Waals surface area contributed by atoms with Gasteiger partial charge in [0.05, 0.1) is 22.9 Å². The summed E-state index contributed by atoms with van der Waals surface area (Å²) in [6, 6.07) is 5.80. The van der Waals surface area contributed by atoms with Gasteiger partial charge in [-0.15, -0.1) is 0 Å². The zero-order valence-corrected chi connectivity index (χ0v) is 22.9. The monoisotopic (exact) mass is 536 g/mol. The van der Waals surface area contributed by atoms with E-state index in [2.05, 4.69) is 21.4 Å². The largest absolute Gasteiger partial charge is 0.404 e. The fourth-order valence-corrected chi connectivity index (χ4v) is 6.97. The molecule has 2 aliphatic rings. The molecule has 2 saturated heterocycles. The second kappa shape index (κ2) is 11.5. The first-order chi connectivity index (χ1) is 18.1. The van der Waals surface area contributed by atoms with Crippen LogP contribution in [0.25, 0.3) is 16.8 Å². The lowest BCUT2D eigenvalue weighted by atomic mass is 9.94. The van der Waals surface area contributed by atoms with Crippen LogP contribution in [0.15, 0.2) is 55.2 Å². The van der Waals surface area contributed by atoms with Crippen LogP contribution in [0.2, 0.25) is 0 Å². The highest BCUT2D eigenvalue weighted by Gasteiger charge is 2.34. The lowest BCUT2D eigenvalue weighted by Gasteiger charge is -2.37. The zero-order valence-electron chi connectivity index (χ0n) is 22.1. The molecule has 1 atom stereocenters. The molecule has 0 saturated carbocycles. The van der Waals surface area contributed by atoms with E-state index in [1.54, 1.807) is 18.5 Å². The molecular weight excluding hydrogens is 500 g/mol. The Kier molecular flexibility index (Phi) is 8.32. The molecule has 4 rings (SSSR count). The number of allylic oxidation sites excluding steroid dienone is 3. The van der Waals surface area contributed by atoms with E-state index in [4.69, 9.17) is 11.5 Å². The van der Waals surface area contributed by atoms with Crippen LogP contribution in [-0.4, -0.2) is 77.8 Å². The SMILES string of the molecule is C=C(N)/C=C\C(=C/N)c1c(CC)ncnc1-c1ccc(C(=O)N2CCN(C3CCS(=O)(=O)C3)CC2)c(C)c1. The standard InChI is InChI=1S/C28H36N6O3S/c1-4-25-26(22(16-29)6-5-20(3)30)27(32-18-31-25)21-7-8-24(19(2)15-21)28(35)34-12-10-33(11-13-34)23-9-14-38(36,37)17-23/h5-8,15-16,18,23H,3-4,9-14,17,29-30H2,1-2H3/b6-5-,22-16+. The Labute approximate surface area is 224 Å². The molecule has 1 aromatic carbocycles. The molecular formula is C28H36N6O3S. The summed E-state index contributed by atoms with van der Waals surface area (Å²) in [5, 5.41) is 0. The molecule has 3 heterocycles. The minimum absolute atomic E-state index is 0.0168. The Hall–Kier alpha value is -3.50. The molecule has 0 spiro atoms. The van der Waals surface area contributed by atoms with Crippen molar-refractivity contribution in [1.29, 1.82) is 0 Å². The summed E-state index contributed by atoms with van der Waals surface area (Å²) >= 11 is 0. The number of nitrogens with zero attached hydrogens (tertiary/aromatic N) is 4. The quantitative estimate of drug-likeness (QED) is 0.515. The number of benzene rings is 1. The number of hydrogen-bond acceptors (Lipinski definition) is 8. The van der Waals surface area contributed by atoms with Gasteiger partial charge in [-0.3, -0.25) is 9.69 Å². The van der Waals surface area contributed by atoms with Crippen molar-refractivity contribution in [2.45, 2.75) is 32.7 Å². The second-order valence-corrected chi connectivity index (χ2v) is 12.1. The van der Waals surface area contributed by atoms with Gasteiger partial charge < -0.3 is 16.4 Å². The van der Waals surface area contributed by atoms with Crippen LogP contribution in [0.3, 0.4) is 0 Å². The van der Waals surface area contributed by atoms with Gasteiger partial charge in [0, 0.05) is 66.4 Å². The molecule has 1 unspecified atom stereocenters.